The van der Waals surface area contributed by atoms with Gasteiger partial charge in [-0.15, -0.1) is 0 Å². The van der Waals surface area contributed by atoms with Gasteiger partial charge in [-0.2, -0.15) is 0 Å². The number of aromatic amines is 2. The van der Waals surface area contributed by atoms with E-state index in [-0.39, 0.29) is 25.9 Å². The van der Waals surface area contributed by atoms with Gasteiger partial charge >= 0.3 is 5.97 Å². The van der Waals surface area contributed by atoms with Crippen LogP contribution in [0.1, 0.15) is 41.2 Å². The SMILES string of the molecule is C1=Cc2cc3ccc(cc4ccc(cc5nc(cc1n2)C=C5)[nH]4)[nH]3.O=C(O)CCCc1cccc2ccccc12.[Zn]. The molecule has 6 nitrogen and oxygen atoms in total. The van der Waals surface area contributed by atoms with Crippen LogP contribution in [0.4, 0.5) is 0 Å². The Morgan fingerprint density at radius 1 is 0.634 bits per heavy atom. The molecule has 8 bridgehead atoms. The summed E-state index contributed by atoms with van der Waals surface area (Å²) >= 11 is 0. The minimum absolute atomic E-state index is 0. The van der Waals surface area contributed by atoms with Crippen molar-refractivity contribution in [1.29, 1.82) is 0 Å². The smallest absolute Gasteiger partial charge is 0.303 e. The molecule has 7 rings (SSSR count). The normalized spacial score (nSPS) is 11.5. The first-order chi connectivity index (χ1) is 19.6. The molecule has 0 saturated carbocycles. The molecule has 7 heteroatoms. The zero-order valence-corrected chi connectivity index (χ0v) is 25.5. The van der Waals surface area contributed by atoms with Crippen molar-refractivity contribution in [3.63, 3.8) is 0 Å². The van der Waals surface area contributed by atoms with E-state index in [2.05, 4.69) is 74.5 Å². The van der Waals surface area contributed by atoms with E-state index in [9.17, 15) is 4.79 Å². The fourth-order valence-electron chi connectivity index (χ4n) is 4.88. The van der Waals surface area contributed by atoms with E-state index in [1.165, 1.54) is 16.3 Å². The van der Waals surface area contributed by atoms with Crippen LogP contribution >= 0.6 is 0 Å². The van der Waals surface area contributed by atoms with Gasteiger partial charge in [0.05, 0.1) is 22.8 Å². The third-order valence-corrected chi connectivity index (χ3v) is 6.76. The molecule has 2 aliphatic rings. The molecule has 3 N–H and O–H groups in total. The fourth-order valence-corrected chi connectivity index (χ4v) is 4.88. The number of nitrogens with one attached hydrogen (secondary N) is 2. The van der Waals surface area contributed by atoms with E-state index < -0.39 is 5.97 Å². The van der Waals surface area contributed by atoms with Gasteiger partial charge in [0, 0.05) is 48.0 Å². The van der Waals surface area contributed by atoms with Gasteiger partial charge in [0.25, 0.3) is 0 Å². The number of nitrogens with zero attached hydrogens (tertiary/aromatic N) is 2. The van der Waals surface area contributed by atoms with Crippen LogP contribution in [0.25, 0.3) is 57.1 Å². The van der Waals surface area contributed by atoms with Crippen LogP contribution in [0.15, 0.2) is 91.0 Å². The number of aliphatic carboxylic acids is 1. The minimum atomic E-state index is -0.722. The van der Waals surface area contributed by atoms with Crippen molar-refractivity contribution in [3.05, 3.63) is 119 Å². The molecule has 3 aromatic heterocycles. The first kappa shape index (κ1) is 27.9. The van der Waals surface area contributed by atoms with E-state index in [0.717, 1.165) is 51.3 Å². The fraction of sp³-hybridized carbons (Fsp3) is 0.0882. The molecule has 5 heterocycles. The number of H-pyrrole nitrogens is 2. The number of aryl methyl sites for hydroxylation is 1. The van der Waals surface area contributed by atoms with Crippen LogP contribution in [-0.2, 0) is 30.7 Å². The Bertz CT molecular complexity index is 1840. The quantitative estimate of drug-likeness (QED) is 0.182. The molecule has 0 aliphatic carbocycles. The molecule has 0 unspecified atom stereocenters. The molecule has 0 fully saturated rings. The summed E-state index contributed by atoms with van der Waals surface area (Å²) < 4.78 is 0. The summed E-state index contributed by atoms with van der Waals surface area (Å²) in [4.78, 5) is 26.5. The maximum atomic E-state index is 10.5. The average Bonchev–Trinajstić information content (AvgIpc) is 3.76. The largest absolute Gasteiger partial charge is 0.481 e. The van der Waals surface area contributed by atoms with Crippen LogP contribution in [0.3, 0.4) is 0 Å². The number of aromatic nitrogens is 4. The molecule has 0 atom stereocenters. The molecule has 0 amide bonds. The van der Waals surface area contributed by atoms with Gasteiger partial charge in [-0.3, -0.25) is 4.79 Å². The number of carbonyl (C=O) groups is 1. The van der Waals surface area contributed by atoms with Gasteiger partial charge in [-0.05, 0) is 102 Å². The van der Waals surface area contributed by atoms with Crippen molar-refractivity contribution >= 4 is 63.1 Å². The summed E-state index contributed by atoms with van der Waals surface area (Å²) in [5.74, 6) is -0.722. The summed E-state index contributed by atoms with van der Waals surface area (Å²) in [6, 6.07) is 30.8. The average molecular weight is 590 g/mol. The van der Waals surface area contributed by atoms with Gasteiger partial charge in [0.1, 0.15) is 0 Å². The Labute approximate surface area is 250 Å². The van der Waals surface area contributed by atoms with Crippen molar-refractivity contribution in [1.82, 2.24) is 19.9 Å². The Kier molecular flexibility index (Phi) is 8.66. The number of hydrogen-bond donors (Lipinski definition) is 3. The molecule has 198 valence electrons. The van der Waals surface area contributed by atoms with Crippen LogP contribution in [-0.4, -0.2) is 31.0 Å². The van der Waals surface area contributed by atoms with Crippen molar-refractivity contribution in [2.24, 2.45) is 0 Å². The number of carboxylic acid groups (broad SMARTS) is 1. The standard InChI is InChI=1S/C20H14N4.C14H14O2.Zn/c1-2-14-10-16-5-6-18(23-16)12-20-8-7-19(24-20)11-17-4-3-15(22-17)9-13(1)21-14;15-14(16)10-4-8-12-7-3-6-11-5-1-2-9-13(11)12;/h1-12,21-22H;1-3,5-7,9H,4,8,10H2,(H,15,16);. The number of hydrogen-bond acceptors (Lipinski definition) is 3. The minimum Gasteiger partial charge on any atom is -0.481 e. The second kappa shape index (κ2) is 12.7. The zero-order chi connectivity index (χ0) is 27.3. The first-order valence-electron chi connectivity index (χ1n) is 13.3. The van der Waals surface area contributed by atoms with Crippen molar-refractivity contribution in [2.75, 3.05) is 0 Å². The van der Waals surface area contributed by atoms with E-state index in [1.807, 2.05) is 60.7 Å². The van der Waals surface area contributed by atoms with Gasteiger partial charge in [-0.25, -0.2) is 9.97 Å². The predicted octanol–water partition coefficient (Wildman–Crippen LogP) is 7.90. The Balaban J connectivity index is 0.000000175. The summed E-state index contributed by atoms with van der Waals surface area (Å²) in [5.41, 5.74) is 9.10. The molecular weight excluding hydrogens is 562 g/mol. The maximum Gasteiger partial charge on any atom is 0.303 e. The van der Waals surface area contributed by atoms with Crippen molar-refractivity contribution < 1.29 is 29.4 Å². The number of rotatable bonds is 4. The Morgan fingerprint density at radius 2 is 1.15 bits per heavy atom. The van der Waals surface area contributed by atoms with Crippen LogP contribution < -0.4 is 0 Å². The van der Waals surface area contributed by atoms with Crippen LogP contribution in [0.5, 0.6) is 0 Å². The molecule has 2 aromatic carbocycles. The third-order valence-electron chi connectivity index (χ3n) is 6.76. The molecule has 2 aliphatic heterocycles. The van der Waals surface area contributed by atoms with Gasteiger partial charge < -0.3 is 15.1 Å². The van der Waals surface area contributed by atoms with Crippen LogP contribution in [0, 0.1) is 0 Å². The summed E-state index contributed by atoms with van der Waals surface area (Å²) in [7, 11) is 0. The molecule has 0 spiro atoms. The van der Waals surface area contributed by atoms with Gasteiger partial charge in [0.2, 0.25) is 0 Å². The predicted molar refractivity (Wildman–Crippen MR) is 163 cm³/mol. The molecule has 5 aromatic rings. The zero-order valence-electron chi connectivity index (χ0n) is 22.5. The Morgan fingerprint density at radius 3 is 1.73 bits per heavy atom. The summed E-state index contributed by atoms with van der Waals surface area (Å²) in [6.07, 6.45) is 9.81. The molecule has 0 saturated heterocycles. The first-order valence-corrected chi connectivity index (χ1v) is 13.3. The maximum absolute atomic E-state index is 10.5. The Hall–Kier alpha value is -4.61. The molecule has 0 radical (unpaired) electrons. The van der Waals surface area contributed by atoms with Crippen LogP contribution in [0.2, 0.25) is 0 Å². The van der Waals surface area contributed by atoms with Gasteiger partial charge in [-0.1, -0.05) is 42.5 Å². The third kappa shape index (κ3) is 7.13. The second-order valence-electron chi connectivity index (χ2n) is 9.79. The van der Waals surface area contributed by atoms with Crippen molar-refractivity contribution in [2.45, 2.75) is 19.3 Å². The van der Waals surface area contributed by atoms with E-state index >= 15 is 0 Å². The van der Waals surface area contributed by atoms with Crippen molar-refractivity contribution in [3.8, 4) is 0 Å². The number of benzene rings is 2. The summed E-state index contributed by atoms with van der Waals surface area (Å²) in [5, 5.41) is 11.1. The second-order valence-corrected chi connectivity index (χ2v) is 9.79. The van der Waals surface area contributed by atoms with E-state index in [4.69, 9.17) is 5.11 Å². The molecule has 41 heavy (non-hydrogen) atoms. The monoisotopic (exact) mass is 588 g/mol. The van der Waals surface area contributed by atoms with Gasteiger partial charge in [0.15, 0.2) is 0 Å². The molecular formula is C34H28N4O2Zn. The topological polar surface area (TPSA) is 94.7 Å². The summed E-state index contributed by atoms with van der Waals surface area (Å²) in [6.45, 7) is 0. The van der Waals surface area contributed by atoms with E-state index in [1.54, 1.807) is 0 Å². The van der Waals surface area contributed by atoms with E-state index in [0.29, 0.717) is 6.42 Å². The number of carboxylic acids is 1. The number of fused-ring (bicyclic) bond motifs is 9.